The number of urea groups is 1. The third-order valence-electron chi connectivity index (χ3n) is 4.48. The average molecular weight is 337 g/mol. The standard InChI is InChI=1S/C20H23N3O2/c1-12-10-14(11-17-18(24)22-19(25)21-17)13(2)23(12)16-8-6-15(7-9-16)20(3,4)5/h6-11H,1-5H3,(H2,21,22,24,25). The average Bonchev–Trinajstić information content (AvgIpc) is 2.98. The summed E-state index contributed by atoms with van der Waals surface area (Å²) in [6, 6.07) is 10.1. The first kappa shape index (κ1) is 17.0. The van der Waals surface area contributed by atoms with Crippen molar-refractivity contribution in [3.05, 3.63) is 58.5 Å². The summed E-state index contributed by atoms with van der Waals surface area (Å²) >= 11 is 0. The molecule has 5 heteroatoms. The Morgan fingerprint density at radius 3 is 2.16 bits per heavy atom. The third kappa shape index (κ3) is 3.22. The zero-order chi connectivity index (χ0) is 18.4. The summed E-state index contributed by atoms with van der Waals surface area (Å²) < 4.78 is 2.15. The maximum absolute atomic E-state index is 11.7. The minimum Gasteiger partial charge on any atom is -0.318 e. The van der Waals surface area contributed by atoms with E-state index in [0.29, 0.717) is 0 Å². The highest BCUT2D eigenvalue weighted by molar-refractivity contribution is 6.14. The van der Waals surface area contributed by atoms with Gasteiger partial charge in [-0.3, -0.25) is 10.1 Å². The number of hydrogen-bond donors (Lipinski definition) is 2. The number of amides is 3. The van der Waals surface area contributed by atoms with E-state index in [1.54, 1.807) is 6.08 Å². The number of carbonyl (C=O) groups is 2. The van der Waals surface area contributed by atoms with E-state index in [9.17, 15) is 9.59 Å². The van der Waals surface area contributed by atoms with Crippen molar-refractivity contribution >= 4 is 18.0 Å². The van der Waals surface area contributed by atoms with Crippen molar-refractivity contribution in [2.24, 2.45) is 0 Å². The van der Waals surface area contributed by atoms with Gasteiger partial charge in [0.15, 0.2) is 0 Å². The van der Waals surface area contributed by atoms with E-state index in [2.05, 4.69) is 60.2 Å². The van der Waals surface area contributed by atoms with Crippen LogP contribution < -0.4 is 10.6 Å². The maximum atomic E-state index is 11.7. The fourth-order valence-corrected chi connectivity index (χ4v) is 3.08. The molecule has 0 atom stereocenters. The van der Waals surface area contributed by atoms with E-state index in [-0.39, 0.29) is 11.1 Å². The molecule has 1 aromatic heterocycles. The Labute approximate surface area is 147 Å². The molecule has 1 aliphatic rings. The topological polar surface area (TPSA) is 63.1 Å². The van der Waals surface area contributed by atoms with Crippen LogP contribution in [-0.4, -0.2) is 16.5 Å². The second-order valence-corrected chi connectivity index (χ2v) is 7.43. The third-order valence-corrected chi connectivity index (χ3v) is 4.48. The van der Waals surface area contributed by atoms with Gasteiger partial charge in [-0.15, -0.1) is 0 Å². The molecule has 0 radical (unpaired) electrons. The number of hydrogen-bond acceptors (Lipinski definition) is 2. The second kappa shape index (κ2) is 5.92. The molecule has 3 amide bonds. The summed E-state index contributed by atoms with van der Waals surface area (Å²) in [4.78, 5) is 23.0. The zero-order valence-electron chi connectivity index (χ0n) is 15.2. The molecule has 0 aliphatic carbocycles. The molecule has 1 saturated heterocycles. The van der Waals surface area contributed by atoms with Crippen molar-refractivity contribution < 1.29 is 9.59 Å². The number of rotatable bonds is 2. The van der Waals surface area contributed by atoms with Crippen molar-refractivity contribution in [2.75, 3.05) is 0 Å². The number of carbonyl (C=O) groups excluding carboxylic acids is 2. The van der Waals surface area contributed by atoms with E-state index in [0.717, 1.165) is 22.6 Å². The van der Waals surface area contributed by atoms with Crippen molar-refractivity contribution in [1.82, 2.24) is 15.2 Å². The first-order valence-electron chi connectivity index (χ1n) is 8.31. The lowest BCUT2D eigenvalue weighted by molar-refractivity contribution is -0.115. The zero-order valence-corrected chi connectivity index (χ0v) is 15.2. The van der Waals surface area contributed by atoms with Gasteiger partial charge in [0, 0.05) is 17.1 Å². The summed E-state index contributed by atoms with van der Waals surface area (Å²) in [5.41, 5.74) is 5.74. The monoisotopic (exact) mass is 337 g/mol. The molecule has 130 valence electrons. The van der Waals surface area contributed by atoms with Gasteiger partial charge < -0.3 is 9.88 Å². The maximum Gasteiger partial charge on any atom is 0.326 e. The van der Waals surface area contributed by atoms with Crippen LogP contribution in [0.4, 0.5) is 4.79 Å². The van der Waals surface area contributed by atoms with Crippen molar-refractivity contribution in [1.29, 1.82) is 0 Å². The van der Waals surface area contributed by atoms with E-state index in [1.807, 2.05) is 19.9 Å². The number of aromatic nitrogens is 1. The van der Waals surface area contributed by atoms with Gasteiger partial charge in [0.2, 0.25) is 0 Å². The van der Waals surface area contributed by atoms with Crippen LogP contribution >= 0.6 is 0 Å². The SMILES string of the molecule is Cc1cc(C=C2NC(=O)NC2=O)c(C)n1-c1ccc(C(C)(C)C)cc1. The van der Waals surface area contributed by atoms with Crippen LogP contribution in [0.1, 0.15) is 43.3 Å². The van der Waals surface area contributed by atoms with Crippen LogP contribution in [0, 0.1) is 13.8 Å². The summed E-state index contributed by atoms with van der Waals surface area (Å²) in [5.74, 6) is -0.399. The Balaban J connectivity index is 1.99. The van der Waals surface area contributed by atoms with Crippen molar-refractivity contribution in [2.45, 2.75) is 40.0 Å². The molecule has 2 aromatic rings. The summed E-state index contributed by atoms with van der Waals surface area (Å²) in [5, 5.41) is 4.74. The fourth-order valence-electron chi connectivity index (χ4n) is 3.08. The predicted molar refractivity (Wildman–Crippen MR) is 98.6 cm³/mol. The molecule has 1 aliphatic heterocycles. The smallest absolute Gasteiger partial charge is 0.318 e. The van der Waals surface area contributed by atoms with Gasteiger partial charge in [-0.05, 0) is 54.7 Å². The lowest BCUT2D eigenvalue weighted by Gasteiger charge is -2.20. The van der Waals surface area contributed by atoms with E-state index < -0.39 is 11.9 Å². The largest absolute Gasteiger partial charge is 0.326 e. The first-order chi connectivity index (χ1) is 11.7. The van der Waals surface area contributed by atoms with E-state index in [4.69, 9.17) is 0 Å². The Morgan fingerprint density at radius 2 is 1.64 bits per heavy atom. The molecule has 2 N–H and O–H groups in total. The molecule has 0 spiro atoms. The Morgan fingerprint density at radius 1 is 1.00 bits per heavy atom. The van der Waals surface area contributed by atoms with Crippen LogP contribution in [0.3, 0.4) is 0 Å². The predicted octanol–water partition coefficient (Wildman–Crippen LogP) is 3.57. The van der Waals surface area contributed by atoms with Crippen molar-refractivity contribution in [3.63, 3.8) is 0 Å². The van der Waals surface area contributed by atoms with Crippen LogP contribution in [0.15, 0.2) is 36.0 Å². The highest BCUT2D eigenvalue weighted by Crippen LogP contribution is 2.26. The Kier molecular flexibility index (Phi) is 4.03. The second-order valence-electron chi connectivity index (χ2n) is 7.43. The van der Waals surface area contributed by atoms with Gasteiger partial charge in [0.05, 0.1) is 0 Å². The molecule has 0 unspecified atom stereocenters. The minimum atomic E-state index is -0.483. The normalized spacial score (nSPS) is 16.3. The minimum absolute atomic E-state index is 0.114. The van der Waals surface area contributed by atoms with Gasteiger partial charge in [0.1, 0.15) is 5.70 Å². The molecule has 0 saturated carbocycles. The highest BCUT2D eigenvalue weighted by Gasteiger charge is 2.23. The van der Waals surface area contributed by atoms with Gasteiger partial charge >= 0.3 is 6.03 Å². The molecule has 5 nitrogen and oxygen atoms in total. The lowest BCUT2D eigenvalue weighted by Crippen LogP contribution is -2.22. The van der Waals surface area contributed by atoms with Gasteiger partial charge in [0.25, 0.3) is 5.91 Å². The molecule has 1 fully saturated rings. The van der Waals surface area contributed by atoms with Gasteiger partial charge in [-0.25, -0.2) is 4.79 Å². The summed E-state index contributed by atoms with van der Waals surface area (Å²) in [7, 11) is 0. The molecule has 0 bridgehead atoms. The molecular formula is C20H23N3O2. The van der Waals surface area contributed by atoms with Gasteiger partial charge in [-0.2, -0.15) is 0 Å². The Hall–Kier alpha value is -2.82. The number of benzene rings is 1. The molecular weight excluding hydrogens is 314 g/mol. The molecule has 25 heavy (non-hydrogen) atoms. The number of nitrogens with zero attached hydrogens (tertiary/aromatic N) is 1. The molecule has 1 aromatic carbocycles. The number of imide groups is 1. The first-order valence-corrected chi connectivity index (χ1v) is 8.31. The number of nitrogens with one attached hydrogen (secondary N) is 2. The van der Waals surface area contributed by atoms with E-state index in [1.165, 1.54) is 5.56 Å². The number of aryl methyl sites for hydroxylation is 1. The van der Waals surface area contributed by atoms with Crippen LogP contribution in [0.25, 0.3) is 11.8 Å². The quantitative estimate of drug-likeness (QED) is 0.650. The van der Waals surface area contributed by atoms with E-state index >= 15 is 0 Å². The summed E-state index contributed by atoms with van der Waals surface area (Å²) in [6.07, 6.45) is 1.71. The van der Waals surface area contributed by atoms with Crippen LogP contribution in [0.2, 0.25) is 0 Å². The molecule has 2 heterocycles. The van der Waals surface area contributed by atoms with Crippen molar-refractivity contribution in [3.8, 4) is 5.69 Å². The summed E-state index contributed by atoms with van der Waals surface area (Å²) in [6.45, 7) is 10.6. The highest BCUT2D eigenvalue weighted by atomic mass is 16.2. The van der Waals surface area contributed by atoms with Crippen LogP contribution in [-0.2, 0) is 10.2 Å². The Bertz CT molecular complexity index is 881. The van der Waals surface area contributed by atoms with Gasteiger partial charge in [-0.1, -0.05) is 32.9 Å². The van der Waals surface area contributed by atoms with Crippen LogP contribution in [0.5, 0.6) is 0 Å². The fraction of sp³-hybridized carbons (Fsp3) is 0.300. The lowest BCUT2D eigenvalue weighted by atomic mass is 9.87. The molecule has 3 rings (SSSR count).